The second kappa shape index (κ2) is 6.13. The summed E-state index contributed by atoms with van der Waals surface area (Å²) in [5.74, 6) is 0.185. The van der Waals surface area contributed by atoms with Gasteiger partial charge in [0.15, 0.2) is 0 Å². The van der Waals surface area contributed by atoms with Gasteiger partial charge in [0.05, 0.1) is 11.9 Å². The van der Waals surface area contributed by atoms with Gasteiger partial charge in [-0.05, 0) is 35.9 Å². The maximum absolute atomic E-state index is 11.3. The van der Waals surface area contributed by atoms with E-state index in [0.717, 1.165) is 5.56 Å². The van der Waals surface area contributed by atoms with E-state index >= 15 is 0 Å². The molecular formula is C17H14N2O3. The van der Waals surface area contributed by atoms with Gasteiger partial charge in [-0.2, -0.15) is 0 Å². The van der Waals surface area contributed by atoms with Crippen LogP contribution in [-0.4, -0.2) is 20.6 Å². The predicted octanol–water partition coefficient (Wildman–Crippen LogP) is 3.42. The third kappa shape index (κ3) is 3.32. The summed E-state index contributed by atoms with van der Waals surface area (Å²) in [6.45, 7) is 0.534. The highest BCUT2D eigenvalue weighted by molar-refractivity contribution is 5.88. The quantitative estimate of drug-likeness (QED) is 0.783. The highest BCUT2D eigenvalue weighted by Crippen LogP contribution is 2.24. The molecule has 5 heteroatoms. The van der Waals surface area contributed by atoms with Gasteiger partial charge in [-0.1, -0.05) is 18.2 Å². The molecule has 5 nitrogen and oxygen atoms in total. The first-order chi connectivity index (χ1) is 10.7. The average Bonchev–Trinajstić information content (AvgIpc) is 3.01. The number of imidazole rings is 1. The van der Waals surface area contributed by atoms with Crippen molar-refractivity contribution in [1.29, 1.82) is 0 Å². The van der Waals surface area contributed by atoms with Gasteiger partial charge < -0.3 is 14.4 Å². The number of aromatic carboxylic acids is 1. The lowest BCUT2D eigenvalue weighted by molar-refractivity contribution is 0.0696. The van der Waals surface area contributed by atoms with Crippen molar-refractivity contribution in [2.24, 2.45) is 0 Å². The molecule has 2 aromatic carbocycles. The zero-order valence-electron chi connectivity index (χ0n) is 11.7. The molecule has 3 rings (SSSR count). The minimum absolute atomic E-state index is 0.198. The van der Waals surface area contributed by atoms with Crippen LogP contribution in [0.1, 0.15) is 15.9 Å². The van der Waals surface area contributed by atoms with Gasteiger partial charge in [0, 0.05) is 18.9 Å². The average molecular weight is 294 g/mol. The van der Waals surface area contributed by atoms with E-state index in [-0.39, 0.29) is 5.56 Å². The number of benzene rings is 2. The van der Waals surface area contributed by atoms with E-state index in [4.69, 9.17) is 4.74 Å². The summed E-state index contributed by atoms with van der Waals surface area (Å²) in [4.78, 5) is 15.3. The van der Waals surface area contributed by atoms with Gasteiger partial charge in [-0.15, -0.1) is 0 Å². The molecule has 1 aromatic heterocycles. The van der Waals surface area contributed by atoms with Crippen LogP contribution in [0.15, 0.2) is 67.3 Å². The van der Waals surface area contributed by atoms with Gasteiger partial charge in [0.25, 0.3) is 0 Å². The van der Waals surface area contributed by atoms with Crippen molar-refractivity contribution in [2.75, 3.05) is 0 Å². The second-order valence-electron chi connectivity index (χ2n) is 4.82. The Morgan fingerprint density at radius 1 is 1.14 bits per heavy atom. The van der Waals surface area contributed by atoms with E-state index < -0.39 is 5.97 Å². The third-order valence-corrected chi connectivity index (χ3v) is 3.12. The lowest BCUT2D eigenvalue weighted by atomic mass is 10.1. The van der Waals surface area contributed by atoms with Crippen molar-refractivity contribution in [3.63, 3.8) is 0 Å². The van der Waals surface area contributed by atoms with Crippen LogP contribution in [0.5, 0.6) is 11.5 Å². The molecule has 0 aliphatic rings. The van der Waals surface area contributed by atoms with Crippen molar-refractivity contribution >= 4 is 5.97 Å². The van der Waals surface area contributed by atoms with Crippen molar-refractivity contribution in [2.45, 2.75) is 6.54 Å². The normalized spacial score (nSPS) is 10.4. The predicted molar refractivity (Wildman–Crippen MR) is 81.2 cm³/mol. The molecule has 0 atom stereocenters. The van der Waals surface area contributed by atoms with E-state index in [1.807, 2.05) is 47.2 Å². The molecule has 0 saturated carbocycles. The summed E-state index contributed by atoms with van der Waals surface area (Å²) in [5.41, 5.74) is 1.03. The molecule has 0 saturated heterocycles. The second-order valence-corrected chi connectivity index (χ2v) is 4.82. The van der Waals surface area contributed by atoms with Gasteiger partial charge >= 0.3 is 5.97 Å². The molecule has 0 aliphatic heterocycles. The SMILES string of the molecule is O=C(O)c1cc(Cn2ccnc2)cc(Oc2ccccc2)c1. The van der Waals surface area contributed by atoms with Crippen LogP contribution in [-0.2, 0) is 6.54 Å². The number of para-hydroxylation sites is 1. The maximum atomic E-state index is 11.3. The lowest BCUT2D eigenvalue weighted by Crippen LogP contribution is -2.02. The standard InChI is InChI=1S/C17H14N2O3/c20-17(21)14-8-13(11-19-7-6-18-12-19)9-16(10-14)22-15-4-2-1-3-5-15/h1-10,12H,11H2,(H,20,21). The Hall–Kier alpha value is -3.08. The Bertz CT molecular complexity index is 768. The summed E-state index contributed by atoms with van der Waals surface area (Å²) < 4.78 is 7.61. The zero-order valence-corrected chi connectivity index (χ0v) is 11.7. The van der Waals surface area contributed by atoms with Crippen molar-refractivity contribution in [3.8, 4) is 11.5 Å². The van der Waals surface area contributed by atoms with Crippen LogP contribution in [0.2, 0.25) is 0 Å². The molecule has 22 heavy (non-hydrogen) atoms. The summed E-state index contributed by atoms with van der Waals surface area (Å²) in [6.07, 6.45) is 5.19. The fourth-order valence-electron chi connectivity index (χ4n) is 2.15. The van der Waals surface area contributed by atoms with Crippen molar-refractivity contribution in [3.05, 3.63) is 78.4 Å². The molecule has 0 unspecified atom stereocenters. The summed E-state index contributed by atoms with van der Waals surface area (Å²) in [6, 6.07) is 14.3. The van der Waals surface area contributed by atoms with E-state index in [1.54, 1.807) is 18.6 Å². The van der Waals surface area contributed by atoms with Crippen LogP contribution < -0.4 is 4.74 Å². The fourth-order valence-corrected chi connectivity index (χ4v) is 2.15. The van der Waals surface area contributed by atoms with Crippen LogP contribution >= 0.6 is 0 Å². The summed E-state index contributed by atoms with van der Waals surface area (Å²) in [5, 5.41) is 9.25. The van der Waals surface area contributed by atoms with Gasteiger partial charge in [0.1, 0.15) is 11.5 Å². The van der Waals surface area contributed by atoms with E-state index in [9.17, 15) is 9.90 Å². The monoisotopic (exact) mass is 294 g/mol. The van der Waals surface area contributed by atoms with Gasteiger partial charge in [-0.3, -0.25) is 0 Å². The topological polar surface area (TPSA) is 64.3 Å². The molecule has 1 heterocycles. The van der Waals surface area contributed by atoms with Crippen molar-refractivity contribution < 1.29 is 14.6 Å². The molecule has 110 valence electrons. The first-order valence-electron chi connectivity index (χ1n) is 6.76. The van der Waals surface area contributed by atoms with Crippen LogP contribution in [0, 0.1) is 0 Å². The number of hydrogen-bond acceptors (Lipinski definition) is 3. The highest BCUT2D eigenvalue weighted by Gasteiger charge is 2.09. The zero-order chi connectivity index (χ0) is 15.4. The fraction of sp³-hybridized carbons (Fsp3) is 0.0588. The number of aromatic nitrogens is 2. The van der Waals surface area contributed by atoms with Crippen LogP contribution in [0.25, 0.3) is 0 Å². The Morgan fingerprint density at radius 3 is 2.64 bits per heavy atom. The number of carboxylic acids is 1. The van der Waals surface area contributed by atoms with E-state index in [2.05, 4.69) is 4.98 Å². The third-order valence-electron chi connectivity index (χ3n) is 3.12. The molecule has 0 amide bonds. The minimum Gasteiger partial charge on any atom is -0.478 e. The molecule has 0 bridgehead atoms. The Morgan fingerprint density at radius 2 is 1.95 bits per heavy atom. The first-order valence-corrected chi connectivity index (χ1v) is 6.76. The first kappa shape index (κ1) is 13.9. The van der Waals surface area contributed by atoms with E-state index in [1.165, 1.54) is 6.07 Å². The number of carbonyl (C=O) groups is 1. The van der Waals surface area contributed by atoms with E-state index in [0.29, 0.717) is 18.0 Å². The molecule has 0 radical (unpaired) electrons. The maximum Gasteiger partial charge on any atom is 0.335 e. The Kier molecular flexibility index (Phi) is 3.87. The molecule has 0 aliphatic carbocycles. The molecule has 3 aromatic rings. The highest BCUT2D eigenvalue weighted by atomic mass is 16.5. The summed E-state index contributed by atoms with van der Waals surface area (Å²) >= 11 is 0. The van der Waals surface area contributed by atoms with Gasteiger partial charge in [-0.25, -0.2) is 9.78 Å². The minimum atomic E-state index is -0.981. The number of carboxylic acid groups (broad SMARTS) is 1. The number of hydrogen-bond donors (Lipinski definition) is 1. The lowest BCUT2D eigenvalue weighted by Gasteiger charge is -2.10. The number of nitrogens with zero attached hydrogens (tertiary/aromatic N) is 2. The Balaban J connectivity index is 1.91. The smallest absolute Gasteiger partial charge is 0.335 e. The number of rotatable bonds is 5. The van der Waals surface area contributed by atoms with Crippen molar-refractivity contribution in [1.82, 2.24) is 9.55 Å². The largest absolute Gasteiger partial charge is 0.478 e. The number of ether oxygens (including phenoxy) is 1. The molecule has 0 spiro atoms. The summed E-state index contributed by atoms with van der Waals surface area (Å²) in [7, 11) is 0. The van der Waals surface area contributed by atoms with Crippen LogP contribution in [0.4, 0.5) is 0 Å². The molecular weight excluding hydrogens is 280 g/mol. The Labute approximate surface area is 127 Å². The molecule has 0 fully saturated rings. The van der Waals surface area contributed by atoms with Gasteiger partial charge in [0.2, 0.25) is 0 Å². The molecule has 1 N–H and O–H groups in total. The van der Waals surface area contributed by atoms with Crippen LogP contribution in [0.3, 0.4) is 0 Å².